The highest BCUT2D eigenvalue weighted by Crippen LogP contribution is 2.41. The van der Waals surface area contributed by atoms with Crippen LogP contribution in [0.25, 0.3) is 22.5 Å². The quantitative estimate of drug-likeness (QED) is 0.616. The number of anilines is 1. The van der Waals surface area contributed by atoms with Crippen molar-refractivity contribution in [3.8, 4) is 22.5 Å². The van der Waals surface area contributed by atoms with Gasteiger partial charge in [0.1, 0.15) is 0 Å². The van der Waals surface area contributed by atoms with Crippen LogP contribution in [0.15, 0.2) is 55.9 Å². The summed E-state index contributed by atoms with van der Waals surface area (Å²) in [6.07, 6.45) is 0. The monoisotopic (exact) mass is 406 g/mol. The zero-order valence-electron chi connectivity index (χ0n) is 11.2. The molecule has 0 aliphatic heterocycles. The van der Waals surface area contributed by atoms with E-state index in [0.717, 1.165) is 31.2 Å². The first kappa shape index (κ1) is 14.4. The summed E-state index contributed by atoms with van der Waals surface area (Å²) in [7, 11) is 0. The number of nitrogens with zero attached hydrogens (tertiary/aromatic N) is 1. The zero-order chi connectivity index (χ0) is 15.0. The van der Waals surface area contributed by atoms with Gasteiger partial charge in [-0.05, 0) is 36.2 Å². The molecule has 0 spiro atoms. The number of nitrogen functional groups attached to an aromatic ring is 1. The summed E-state index contributed by atoms with van der Waals surface area (Å²) in [5.41, 5.74) is 9.92. The minimum Gasteiger partial charge on any atom is -0.380 e. The van der Waals surface area contributed by atoms with E-state index in [1.165, 1.54) is 0 Å². The van der Waals surface area contributed by atoms with Crippen LogP contribution in [0.1, 0.15) is 5.56 Å². The smallest absolute Gasteiger partial charge is 0.178 e. The van der Waals surface area contributed by atoms with E-state index < -0.39 is 0 Å². The highest BCUT2D eigenvalue weighted by molar-refractivity contribution is 9.11. The van der Waals surface area contributed by atoms with Gasteiger partial charge in [-0.3, -0.25) is 0 Å². The average Bonchev–Trinajstić information content (AvgIpc) is 2.84. The Bertz CT molecular complexity index is 812. The lowest BCUT2D eigenvalue weighted by Gasteiger charge is -2.08. The lowest BCUT2D eigenvalue weighted by molar-refractivity contribution is 0.436. The second kappa shape index (κ2) is 5.66. The molecule has 0 fully saturated rings. The molecule has 106 valence electrons. The summed E-state index contributed by atoms with van der Waals surface area (Å²) in [6, 6.07) is 13.9. The molecule has 0 atom stereocenters. The normalized spacial score (nSPS) is 10.8. The maximum absolute atomic E-state index is 6.04. The number of rotatable bonds is 2. The number of hydrogen-bond donors (Lipinski definition) is 1. The van der Waals surface area contributed by atoms with Crippen molar-refractivity contribution in [1.29, 1.82) is 0 Å². The Morgan fingerprint density at radius 1 is 1.05 bits per heavy atom. The molecule has 1 heterocycles. The molecule has 2 N–H and O–H groups in total. The molecule has 21 heavy (non-hydrogen) atoms. The van der Waals surface area contributed by atoms with Crippen molar-refractivity contribution < 1.29 is 4.52 Å². The number of nitrogens with two attached hydrogens (primary N) is 1. The first-order chi connectivity index (χ1) is 10.1. The van der Waals surface area contributed by atoms with Gasteiger partial charge >= 0.3 is 0 Å². The van der Waals surface area contributed by atoms with Crippen LogP contribution >= 0.6 is 31.9 Å². The van der Waals surface area contributed by atoms with E-state index in [2.05, 4.69) is 37.0 Å². The maximum Gasteiger partial charge on any atom is 0.178 e. The van der Waals surface area contributed by atoms with Crippen LogP contribution in [0.3, 0.4) is 0 Å². The van der Waals surface area contributed by atoms with Crippen molar-refractivity contribution >= 4 is 37.7 Å². The van der Waals surface area contributed by atoms with Crippen LogP contribution in [-0.2, 0) is 0 Å². The second-order valence-corrected chi connectivity index (χ2v) is 6.48. The molecule has 0 unspecified atom stereocenters. The number of hydrogen-bond acceptors (Lipinski definition) is 3. The largest absolute Gasteiger partial charge is 0.380 e. The Balaban J connectivity index is 2.27. The fourth-order valence-corrected chi connectivity index (χ4v) is 3.06. The van der Waals surface area contributed by atoms with Crippen molar-refractivity contribution in [3.63, 3.8) is 0 Å². The van der Waals surface area contributed by atoms with Gasteiger partial charge in [0.2, 0.25) is 0 Å². The third-order valence-electron chi connectivity index (χ3n) is 3.31. The van der Waals surface area contributed by atoms with E-state index in [9.17, 15) is 0 Å². The van der Waals surface area contributed by atoms with Crippen molar-refractivity contribution in [3.05, 3.63) is 57.0 Å². The predicted octanol–water partition coefficient (Wildman–Crippen LogP) is 5.42. The molecule has 0 aliphatic rings. The molecule has 0 aliphatic carbocycles. The summed E-state index contributed by atoms with van der Waals surface area (Å²) in [6.45, 7) is 2.04. The average molecular weight is 408 g/mol. The predicted molar refractivity (Wildman–Crippen MR) is 91.9 cm³/mol. The molecular formula is C16H12Br2N2O. The summed E-state index contributed by atoms with van der Waals surface area (Å²) >= 11 is 7.03. The van der Waals surface area contributed by atoms with Crippen LogP contribution < -0.4 is 5.73 Å². The van der Waals surface area contributed by atoms with E-state index >= 15 is 0 Å². The summed E-state index contributed by atoms with van der Waals surface area (Å²) in [5, 5.41) is 3.95. The van der Waals surface area contributed by atoms with Gasteiger partial charge in [0, 0.05) is 14.5 Å². The lowest BCUT2D eigenvalue weighted by atomic mass is 9.98. The van der Waals surface area contributed by atoms with E-state index in [1.807, 2.05) is 49.4 Å². The molecule has 3 nitrogen and oxygen atoms in total. The third-order valence-corrected chi connectivity index (χ3v) is 4.49. The fourth-order valence-electron chi connectivity index (χ4n) is 2.27. The molecule has 5 heteroatoms. The summed E-state index contributed by atoms with van der Waals surface area (Å²) < 4.78 is 7.39. The number of halogens is 2. The Kier molecular flexibility index (Phi) is 3.87. The molecule has 0 radical (unpaired) electrons. The zero-order valence-corrected chi connectivity index (χ0v) is 14.4. The summed E-state index contributed by atoms with van der Waals surface area (Å²) in [4.78, 5) is 0. The Morgan fingerprint density at radius 3 is 2.57 bits per heavy atom. The number of benzene rings is 2. The van der Waals surface area contributed by atoms with Crippen LogP contribution in [0, 0.1) is 6.92 Å². The van der Waals surface area contributed by atoms with Gasteiger partial charge in [0.25, 0.3) is 0 Å². The summed E-state index contributed by atoms with van der Waals surface area (Å²) in [5.74, 6) is 1.06. The SMILES string of the molecule is Cc1ccccc1-c1c(N)noc1-c1cc(Br)ccc1Br. The van der Waals surface area contributed by atoms with E-state index in [4.69, 9.17) is 10.3 Å². The van der Waals surface area contributed by atoms with Gasteiger partial charge < -0.3 is 10.3 Å². The standard InChI is InChI=1S/C16H12Br2N2O/c1-9-4-2-3-5-11(9)14-15(21-20-16(14)19)12-8-10(17)6-7-13(12)18/h2-8H,1H3,(H2,19,20). The topological polar surface area (TPSA) is 52.0 Å². The van der Waals surface area contributed by atoms with Crippen LogP contribution in [-0.4, -0.2) is 5.16 Å². The van der Waals surface area contributed by atoms with Crippen molar-refractivity contribution in [1.82, 2.24) is 5.16 Å². The minimum atomic E-state index is 0.395. The molecule has 3 rings (SSSR count). The highest BCUT2D eigenvalue weighted by Gasteiger charge is 2.20. The van der Waals surface area contributed by atoms with E-state index in [0.29, 0.717) is 11.6 Å². The highest BCUT2D eigenvalue weighted by atomic mass is 79.9. The Morgan fingerprint density at radius 2 is 1.81 bits per heavy atom. The Hall–Kier alpha value is -1.59. The van der Waals surface area contributed by atoms with E-state index in [1.54, 1.807) is 0 Å². The van der Waals surface area contributed by atoms with Gasteiger partial charge in [-0.25, -0.2) is 0 Å². The molecular weight excluding hydrogens is 396 g/mol. The van der Waals surface area contributed by atoms with Gasteiger partial charge in [0.15, 0.2) is 11.6 Å². The van der Waals surface area contributed by atoms with Crippen LogP contribution in [0.2, 0.25) is 0 Å². The molecule has 0 saturated carbocycles. The van der Waals surface area contributed by atoms with Crippen molar-refractivity contribution in [2.45, 2.75) is 6.92 Å². The first-order valence-corrected chi connectivity index (χ1v) is 7.93. The van der Waals surface area contributed by atoms with Gasteiger partial charge in [-0.2, -0.15) is 0 Å². The van der Waals surface area contributed by atoms with Gasteiger partial charge in [0.05, 0.1) is 5.56 Å². The minimum absolute atomic E-state index is 0.395. The molecule has 3 aromatic rings. The van der Waals surface area contributed by atoms with Gasteiger partial charge in [-0.1, -0.05) is 61.3 Å². The first-order valence-electron chi connectivity index (χ1n) is 6.34. The van der Waals surface area contributed by atoms with Crippen molar-refractivity contribution in [2.75, 3.05) is 5.73 Å². The van der Waals surface area contributed by atoms with Crippen LogP contribution in [0.4, 0.5) is 5.82 Å². The Labute approximate surface area is 139 Å². The second-order valence-electron chi connectivity index (χ2n) is 4.71. The van der Waals surface area contributed by atoms with Crippen molar-refractivity contribution in [2.24, 2.45) is 0 Å². The van der Waals surface area contributed by atoms with Gasteiger partial charge in [-0.15, -0.1) is 0 Å². The molecule has 1 aromatic heterocycles. The fraction of sp³-hybridized carbons (Fsp3) is 0.0625. The van der Waals surface area contributed by atoms with E-state index in [-0.39, 0.29) is 0 Å². The number of aryl methyl sites for hydroxylation is 1. The van der Waals surface area contributed by atoms with Crippen LogP contribution in [0.5, 0.6) is 0 Å². The lowest BCUT2D eigenvalue weighted by Crippen LogP contribution is -1.91. The molecule has 0 saturated heterocycles. The molecule has 0 amide bonds. The maximum atomic E-state index is 6.04. The third kappa shape index (κ3) is 2.63. The number of aromatic nitrogens is 1. The molecule has 0 bridgehead atoms. The molecule has 2 aromatic carbocycles.